The molecule has 2 heterocycles. The molecule has 0 fully saturated rings. The van der Waals surface area contributed by atoms with Gasteiger partial charge in [-0.2, -0.15) is 0 Å². The molecule has 0 saturated carbocycles. The fraction of sp³-hybridized carbons (Fsp3) is 0.438. The molecule has 1 amide bonds. The molecule has 22 heavy (non-hydrogen) atoms. The van der Waals surface area contributed by atoms with Crippen molar-refractivity contribution in [3.05, 3.63) is 50.3 Å². The molecule has 0 atom stereocenters. The van der Waals surface area contributed by atoms with E-state index in [0.717, 1.165) is 11.3 Å². The van der Waals surface area contributed by atoms with Gasteiger partial charge in [0.25, 0.3) is 11.5 Å². The van der Waals surface area contributed by atoms with E-state index in [1.807, 2.05) is 33.8 Å². The first kappa shape index (κ1) is 16.0. The average Bonchev–Trinajstić information content (AvgIpc) is 2.79. The number of aromatic amines is 1. The number of pyridine rings is 1. The van der Waals surface area contributed by atoms with Crippen LogP contribution in [0.25, 0.3) is 0 Å². The van der Waals surface area contributed by atoms with E-state index in [-0.39, 0.29) is 23.9 Å². The van der Waals surface area contributed by atoms with Crippen LogP contribution in [0.2, 0.25) is 0 Å². The molecule has 0 spiro atoms. The smallest absolute Gasteiger partial charge is 0.257 e. The van der Waals surface area contributed by atoms with E-state index < -0.39 is 0 Å². The Morgan fingerprint density at radius 3 is 2.64 bits per heavy atom. The number of aromatic nitrogens is 2. The van der Waals surface area contributed by atoms with Gasteiger partial charge in [-0.1, -0.05) is 19.0 Å². The Morgan fingerprint density at radius 2 is 2.05 bits per heavy atom. The van der Waals surface area contributed by atoms with Gasteiger partial charge in [0.05, 0.1) is 5.69 Å². The number of carbonyl (C=O) groups excluding carboxylic acids is 1. The van der Waals surface area contributed by atoms with E-state index in [1.165, 1.54) is 0 Å². The number of nitrogens with zero attached hydrogens (tertiary/aromatic N) is 1. The van der Waals surface area contributed by atoms with Gasteiger partial charge in [-0.3, -0.25) is 9.59 Å². The Hall–Kier alpha value is -2.37. The van der Waals surface area contributed by atoms with E-state index in [2.05, 4.69) is 15.5 Å². The summed E-state index contributed by atoms with van der Waals surface area (Å²) in [6.07, 6.45) is 0. The molecule has 2 rings (SSSR count). The highest BCUT2D eigenvalue weighted by Crippen LogP contribution is 2.22. The van der Waals surface area contributed by atoms with Gasteiger partial charge in [-0.15, -0.1) is 0 Å². The van der Waals surface area contributed by atoms with Crippen molar-refractivity contribution >= 4 is 5.91 Å². The number of nitrogens with one attached hydrogen (secondary N) is 2. The second-order valence-electron chi connectivity index (χ2n) is 5.79. The van der Waals surface area contributed by atoms with Crippen LogP contribution < -0.4 is 10.9 Å². The number of aryl methyl sites for hydroxylation is 3. The van der Waals surface area contributed by atoms with Crippen LogP contribution in [0.5, 0.6) is 0 Å². The fourth-order valence-corrected chi connectivity index (χ4v) is 2.42. The van der Waals surface area contributed by atoms with Gasteiger partial charge in [-0.05, 0) is 32.4 Å². The molecule has 0 aromatic carbocycles. The van der Waals surface area contributed by atoms with Crippen molar-refractivity contribution in [2.75, 3.05) is 0 Å². The Bertz CT molecular complexity index is 756. The SMILES string of the molecule is Cc1cc(C)c(CNC(=O)c2c(C)noc2C(C)C)c(=O)[nH]1. The Morgan fingerprint density at radius 1 is 1.36 bits per heavy atom. The molecule has 6 nitrogen and oxygen atoms in total. The zero-order valence-electron chi connectivity index (χ0n) is 13.5. The number of hydrogen-bond acceptors (Lipinski definition) is 4. The standard InChI is InChI=1S/C16H21N3O3/c1-8(2)14-13(11(5)19-22-14)16(21)17-7-12-9(3)6-10(4)18-15(12)20/h6,8H,7H2,1-5H3,(H,17,21)(H,18,20). The Kier molecular flexibility index (Phi) is 4.49. The molecule has 6 heteroatoms. The van der Waals surface area contributed by atoms with E-state index >= 15 is 0 Å². The van der Waals surface area contributed by atoms with Crippen molar-refractivity contribution in [2.45, 2.75) is 47.1 Å². The third-order valence-electron chi connectivity index (χ3n) is 3.56. The zero-order valence-corrected chi connectivity index (χ0v) is 13.5. The van der Waals surface area contributed by atoms with Crippen LogP contribution in [-0.2, 0) is 6.54 Å². The molecule has 118 valence electrons. The van der Waals surface area contributed by atoms with Gasteiger partial charge in [0.1, 0.15) is 5.56 Å². The van der Waals surface area contributed by atoms with Gasteiger partial charge < -0.3 is 14.8 Å². The highest BCUT2D eigenvalue weighted by Gasteiger charge is 2.22. The lowest BCUT2D eigenvalue weighted by Crippen LogP contribution is -2.28. The fourth-order valence-electron chi connectivity index (χ4n) is 2.42. The highest BCUT2D eigenvalue weighted by atomic mass is 16.5. The molecule has 2 N–H and O–H groups in total. The van der Waals surface area contributed by atoms with Crippen molar-refractivity contribution in [2.24, 2.45) is 0 Å². The summed E-state index contributed by atoms with van der Waals surface area (Å²) in [7, 11) is 0. The predicted octanol–water partition coefficient (Wildman–Crippen LogP) is 2.34. The Labute approximate surface area is 128 Å². The molecule has 0 saturated heterocycles. The zero-order chi connectivity index (χ0) is 16.4. The third kappa shape index (κ3) is 3.10. The van der Waals surface area contributed by atoms with Crippen LogP contribution in [0.15, 0.2) is 15.4 Å². The van der Waals surface area contributed by atoms with Crippen LogP contribution in [-0.4, -0.2) is 16.0 Å². The maximum Gasteiger partial charge on any atom is 0.257 e. The molecular weight excluding hydrogens is 282 g/mol. The lowest BCUT2D eigenvalue weighted by molar-refractivity contribution is 0.0947. The van der Waals surface area contributed by atoms with E-state index in [0.29, 0.717) is 22.6 Å². The molecule has 0 radical (unpaired) electrons. The second-order valence-corrected chi connectivity index (χ2v) is 5.79. The van der Waals surface area contributed by atoms with Gasteiger partial charge in [0, 0.05) is 23.7 Å². The average molecular weight is 303 g/mol. The molecule has 2 aromatic rings. The van der Waals surface area contributed by atoms with Gasteiger partial charge >= 0.3 is 0 Å². The van der Waals surface area contributed by atoms with Gasteiger partial charge in [0.15, 0.2) is 5.76 Å². The summed E-state index contributed by atoms with van der Waals surface area (Å²) in [6, 6.07) is 1.88. The summed E-state index contributed by atoms with van der Waals surface area (Å²) in [5, 5.41) is 6.64. The number of rotatable bonds is 4. The van der Waals surface area contributed by atoms with Crippen molar-refractivity contribution in [1.29, 1.82) is 0 Å². The largest absolute Gasteiger partial charge is 0.360 e. The minimum absolute atomic E-state index is 0.0615. The molecule has 0 aliphatic carbocycles. The van der Waals surface area contributed by atoms with E-state index in [9.17, 15) is 9.59 Å². The lowest BCUT2D eigenvalue weighted by Gasteiger charge is -2.09. The summed E-state index contributed by atoms with van der Waals surface area (Å²) in [5.74, 6) is 0.345. The van der Waals surface area contributed by atoms with Crippen LogP contribution >= 0.6 is 0 Å². The Balaban J connectivity index is 2.21. The molecular formula is C16H21N3O3. The molecule has 0 aliphatic heterocycles. The maximum atomic E-state index is 12.4. The van der Waals surface area contributed by atoms with Crippen LogP contribution in [0.1, 0.15) is 58.4 Å². The topological polar surface area (TPSA) is 88.0 Å². The van der Waals surface area contributed by atoms with Gasteiger partial charge in [-0.25, -0.2) is 0 Å². The number of carbonyl (C=O) groups is 1. The minimum atomic E-state index is -0.276. The first-order chi connectivity index (χ1) is 10.3. The molecule has 2 aromatic heterocycles. The van der Waals surface area contributed by atoms with Crippen molar-refractivity contribution < 1.29 is 9.32 Å². The van der Waals surface area contributed by atoms with E-state index in [1.54, 1.807) is 6.92 Å². The quantitative estimate of drug-likeness (QED) is 0.907. The first-order valence-electron chi connectivity index (χ1n) is 7.25. The van der Waals surface area contributed by atoms with Crippen molar-refractivity contribution in [1.82, 2.24) is 15.5 Å². The lowest BCUT2D eigenvalue weighted by atomic mass is 10.0. The van der Waals surface area contributed by atoms with E-state index in [4.69, 9.17) is 4.52 Å². The number of amides is 1. The molecule has 0 unspecified atom stereocenters. The third-order valence-corrected chi connectivity index (χ3v) is 3.56. The highest BCUT2D eigenvalue weighted by molar-refractivity contribution is 5.96. The number of hydrogen-bond donors (Lipinski definition) is 2. The molecule has 0 bridgehead atoms. The van der Waals surface area contributed by atoms with Crippen LogP contribution in [0.4, 0.5) is 0 Å². The summed E-state index contributed by atoms with van der Waals surface area (Å²) >= 11 is 0. The summed E-state index contributed by atoms with van der Waals surface area (Å²) in [4.78, 5) is 27.1. The van der Waals surface area contributed by atoms with Crippen molar-refractivity contribution in [3.63, 3.8) is 0 Å². The van der Waals surface area contributed by atoms with Crippen molar-refractivity contribution in [3.8, 4) is 0 Å². The summed E-state index contributed by atoms with van der Waals surface area (Å²) < 4.78 is 5.21. The summed E-state index contributed by atoms with van der Waals surface area (Å²) in [6.45, 7) is 9.45. The normalized spacial score (nSPS) is 11.0. The summed E-state index contributed by atoms with van der Waals surface area (Å²) in [5.41, 5.74) is 3.04. The maximum absolute atomic E-state index is 12.4. The minimum Gasteiger partial charge on any atom is -0.360 e. The number of H-pyrrole nitrogens is 1. The van der Waals surface area contributed by atoms with Crippen LogP contribution in [0.3, 0.4) is 0 Å². The first-order valence-corrected chi connectivity index (χ1v) is 7.25. The second kappa shape index (κ2) is 6.17. The molecule has 0 aliphatic rings. The monoisotopic (exact) mass is 303 g/mol. The van der Waals surface area contributed by atoms with Gasteiger partial charge in [0.2, 0.25) is 0 Å². The predicted molar refractivity (Wildman–Crippen MR) is 83.0 cm³/mol. The van der Waals surface area contributed by atoms with Crippen LogP contribution in [0, 0.1) is 20.8 Å².